The van der Waals surface area contributed by atoms with E-state index in [9.17, 15) is 4.39 Å². The zero-order valence-corrected chi connectivity index (χ0v) is 20.5. The van der Waals surface area contributed by atoms with E-state index >= 15 is 0 Å². The molecule has 33 heavy (non-hydrogen) atoms. The maximum absolute atomic E-state index is 13.2. The molecule has 0 aromatic heterocycles. The van der Waals surface area contributed by atoms with Crippen LogP contribution >= 0.6 is 11.6 Å². The SMILES string of the molecule is CCOc1cc(CN[C@H](C)C23CC4CC(CC(C4)C2)C3)cc(Cl)c1OCc1ccc(F)cc1. The van der Waals surface area contributed by atoms with Gasteiger partial charge >= 0.3 is 0 Å². The van der Waals surface area contributed by atoms with Crippen LogP contribution in [0.1, 0.15) is 63.5 Å². The molecule has 0 unspecified atom stereocenters. The third-order valence-electron chi connectivity index (χ3n) is 8.28. The van der Waals surface area contributed by atoms with Crippen molar-refractivity contribution in [2.45, 2.75) is 71.6 Å². The first-order valence-corrected chi connectivity index (χ1v) is 12.9. The summed E-state index contributed by atoms with van der Waals surface area (Å²) in [6, 6.07) is 10.8. The Morgan fingerprint density at radius 2 is 1.64 bits per heavy atom. The highest BCUT2D eigenvalue weighted by Gasteiger charge is 2.52. The van der Waals surface area contributed by atoms with Crippen molar-refractivity contribution in [2.24, 2.45) is 23.2 Å². The van der Waals surface area contributed by atoms with Crippen molar-refractivity contribution in [3.05, 3.63) is 58.4 Å². The lowest BCUT2D eigenvalue weighted by atomic mass is 9.48. The van der Waals surface area contributed by atoms with Crippen molar-refractivity contribution in [1.82, 2.24) is 5.32 Å². The Hall–Kier alpha value is -1.78. The van der Waals surface area contributed by atoms with Crippen molar-refractivity contribution in [1.29, 1.82) is 0 Å². The average molecular weight is 472 g/mol. The fourth-order valence-corrected chi connectivity index (χ4v) is 7.35. The second-order valence-electron chi connectivity index (χ2n) is 10.6. The monoisotopic (exact) mass is 471 g/mol. The lowest BCUT2D eigenvalue weighted by molar-refractivity contribution is -0.0706. The van der Waals surface area contributed by atoms with Gasteiger partial charge in [0.1, 0.15) is 12.4 Å². The topological polar surface area (TPSA) is 30.5 Å². The fourth-order valence-electron chi connectivity index (χ4n) is 7.06. The van der Waals surface area contributed by atoms with Crippen LogP contribution in [0, 0.1) is 29.0 Å². The summed E-state index contributed by atoms with van der Waals surface area (Å²) in [5, 5.41) is 4.39. The van der Waals surface area contributed by atoms with E-state index in [-0.39, 0.29) is 5.82 Å². The Morgan fingerprint density at radius 1 is 1.00 bits per heavy atom. The minimum Gasteiger partial charge on any atom is -0.490 e. The van der Waals surface area contributed by atoms with E-state index in [1.54, 1.807) is 12.1 Å². The van der Waals surface area contributed by atoms with E-state index < -0.39 is 0 Å². The number of hydrogen-bond acceptors (Lipinski definition) is 3. The van der Waals surface area contributed by atoms with Gasteiger partial charge in [-0.2, -0.15) is 0 Å². The molecule has 3 nitrogen and oxygen atoms in total. The molecule has 0 radical (unpaired) electrons. The van der Waals surface area contributed by atoms with Crippen LogP contribution in [0.4, 0.5) is 4.39 Å². The first-order chi connectivity index (χ1) is 15.9. The number of benzene rings is 2. The van der Waals surface area contributed by atoms with Gasteiger partial charge in [0.25, 0.3) is 0 Å². The molecule has 0 saturated heterocycles. The summed E-state index contributed by atoms with van der Waals surface area (Å²) in [7, 11) is 0. The molecule has 1 atom stereocenters. The van der Waals surface area contributed by atoms with E-state index in [0.29, 0.717) is 41.2 Å². The second-order valence-corrected chi connectivity index (χ2v) is 11.0. The summed E-state index contributed by atoms with van der Waals surface area (Å²) in [5.41, 5.74) is 2.46. The molecular weight excluding hydrogens is 437 g/mol. The quantitative estimate of drug-likeness (QED) is 0.421. The fraction of sp³-hybridized carbons (Fsp3) is 0.571. The van der Waals surface area contributed by atoms with Gasteiger partial charge in [-0.3, -0.25) is 0 Å². The highest BCUT2D eigenvalue weighted by Crippen LogP contribution is 2.61. The Balaban J connectivity index is 1.26. The van der Waals surface area contributed by atoms with Crippen LogP contribution in [0.5, 0.6) is 11.5 Å². The molecule has 0 spiro atoms. The predicted molar refractivity (Wildman–Crippen MR) is 130 cm³/mol. The number of rotatable bonds is 9. The molecule has 6 rings (SSSR count). The van der Waals surface area contributed by atoms with Crippen LogP contribution in [-0.4, -0.2) is 12.6 Å². The smallest absolute Gasteiger partial charge is 0.180 e. The maximum atomic E-state index is 13.2. The standard InChI is InChI=1S/C28H35ClFNO2/c1-3-32-26-12-23(11-25(29)27(26)33-17-19-4-6-24(30)7-5-19)16-31-18(2)28-13-20-8-21(14-28)10-22(9-20)15-28/h4-7,11-12,18,20-22,31H,3,8-10,13-17H2,1-2H3/t18-,20?,21?,22?,28?/m1/s1. The minimum absolute atomic E-state index is 0.258. The van der Waals surface area contributed by atoms with E-state index in [0.717, 1.165) is 35.4 Å². The molecule has 1 N–H and O–H groups in total. The van der Waals surface area contributed by atoms with Gasteiger partial charge in [-0.25, -0.2) is 4.39 Å². The van der Waals surface area contributed by atoms with Crippen LogP contribution < -0.4 is 14.8 Å². The molecule has 4 fully saturated rings. The summed E-state index contributed by atoms with van der Waals surface area (Å²) in [6.45, 7) is 5.95. The molecule has 5 heteroatoms. The Bertz CT molecular complexity index is 941. The zero-order chi connectivity index (χ0) is 23.0. The Kier molecular flexibility index (Phi) is 6.59. The molecule has 2 aromatic rings. The van der Waals surface area contributed by atoms with Crippen molar-refractivity contribution in [3.63, 3.8) is 0 Å². The average Bonchev–Trinajstić information content (AvgIpc) is 2.77. The lowest BCUT2D eigenvalue weighted by Crippen LogP contribution is -2.54. The van der Waals surface area contributed by atoms with E-state index in [4.69, 9.17) is 21.1 Å². The molecule has 4 saturated carbocycles. The highest BCUT2D eigenvalue weighted by molar-refractivity contribution is 6.32. The molecule has 4 aliphatic rings. The molecule has 2 aromatic carbocycles. The van der Waals surface area contributed by atoms with E-state index in [2.05, 4.69) is 12.2 Å². The van der Waals surface area contributed by atoms with Gasteiger partial charge in [-0.15, -0.1) is 0 Å². The second kappa shape index (κ2) is 9.46. The molecule has 178 valence electrons. The van der Waals surface area contributed by atoms with Gasteiger partial charge in [-0.1, -0.05) is 23.7 Å². The van der Waals surface area contributed by atoms with Crippen LogP contribution in [0.3, 0.4) is 0 Å². The minimum atomic E-state index is -0.258. The Morgan fingerprint density at radius 3 is 2.24 bits per heavy atom. The van der Waals surface area contributed by atoms with E-state index in [1.807, 2.05) is 19.1 Å². The van der Waals surface area contributed by atoms with Crippen LogP contribution in [-0.2, 0) is 13.2 Å². The van der Waals surface area contributed by atoms with Crippen molar-refractivity contribution in [3.8, 4) is 11.5 Å². The lowest BCUT2D eigenvalue weighted by Gasteiger charge is -2.59. The van der Waals surface area contributed by atoms with Crippen LogP contribution in [0.15, 0.2) is 36.4 Å². The molecule has 0 amide bonds. The van der Waals surface area contributed by atoms with Crippen molar-refractivity contribution in [2.75, 3.05) is 6.61 Å². The number of ether oxygens (including phenoxy) is 2. The highest BCUT2D eigenvalue weighted by atomic mass is 35.5. The predicted octanol–water partition coefficient (Wildman–Crippen LogP) is 7.15. The maximum Gasteiger partial charge on any atom is 0.180 e. The van der Waals surface area contributed by atoms with Gasteiger partial charge in [0, 0.05) is 12.6 Å². The third kappa shape index (κ3) is 4.88. The van der Waals surface area contributed by atoms with Gasteiger partial charge in [0.2, 0.25) is 0 Å². The summed E-state index contributed by atoms with van der Waals surface area (Å²) < 4.78 is 25.0. The van der Waals surface area contributed by atoms with Crippen molar-refractivity contribution >= 4 is 11.6 Å². The molecule has 4 aliphatic carbocycles. The molecule has 0 aliphatic heterocycles. The van der Waals surface area contributed by atoms with Crippen molar-refractivity contribution < 1.29 is 13.9 Å². The third-order valence-corrected chi connectivity index (χ3v) is 8.56. The zero-order valence-electron chi connectivity index (χ0n) is 19.7. The van der Waals surface area contributed by atoms with E-state index in [1.165, 1.54) is 50.7 Å². The molecule has 4 bridgehead atoms. The summed E-state index contributed by atoms with van der Waals surface area (Å²) >= 11 is 6.64. The largest absolute Gasteiger partial charge is 0.490 e. The van der Waals surface area contributed by atoms with Gasteiger partial charge in [-0.05, 0) is 111 Å². The van der Waals surface area contributed by atoms with Gasteiger partial charge in [0.05, 0.1) is 11.6 Å². The number of halogens is 2. The first kappa shape index (κ1) is 23.0. The van der Waals surface area contributed by atoms with Crippen LogP contribution in [0.25, 0.3) is 0 Å². The van der Waals surface area contributed by atoms with Crippen LogP contribution in [0.2, 0.25) is 5.02 Å². The first-order valence-electron chi connectivity index (χ1n) is 12.5. The Labute approximate surface area is 202 Å². The van der Waals surface area contributed by atoms with Gasteiger partial charge < -0.3 is 14.8 Å². The molecule has 0 heterocycles. The molecular formula is C28H35ClFNO2. The summed E-state index contributed by atoms with van der Waals surface area (Å²) in [4.78, 5) is 0. The summed E-state index contributed by atoms with van der Waals surface area (Å²) in [6.07, 6.45) is 8.60. The van der Waals surface area contributed by atoms with Gasteiger partial charge in [0.15, 0.2) is 11.5 Å². The number of nitrogens with one attached hydrogen (secondary N) is 1. The summed E-state index contributed by atoms with van der Waals surface area (Å²) in [5.74, 6) is 3.81. The number of hydrogen-bond donors (Lipinski definition) is 1. The normalized spacial score (nSPS) is 28.7.